The van der Waals surface area contributed by atoms with Crippen molar-refractivity contribution < 1.29 is 0 Å². The van der Waals surface area contributed by atoms with Gasteiger partial charge in [-0.3, -0.25) is 0 Å². The molecular formula is C30H21N3. The lowest BCUT2D eigenvalue weighted by molar-refractivity contribution is 1.29. The Kier molecular flexibility index (Phi) is 3.84. The van der Waals surface area contributed by atoms with E-state index in [0.717, 1.165) is 39.1 Å². The van der Waals surface area contributed by atoms with Crippen LogP contribution in [0.1, 0.15) is 0 Å². The van der Waals surface area contributed by atoms with Gasteiger partial charge in [0, 0.05) is 60.7 Å². The van der Waals surface area contributed by atoms with Crippen LogP contribution >= 0.6 is 0 Å². The summed E-state index contributed by atoms with van der Waals surface area (Å²) in [6.45, 7) is 0. The first kappa shape index (κ1) is 18.1. The lowest BCUT2D eigenvalue weighted by atomic mass is 10.1. The molecule has 2 aromatic heterocycles. The van der Waals surface area contributed by atoms with Gasteiger partial charge in [-0.05, 0) is 60.7 Å². The zero-order valence-electron chi connectivity index (χ0n) is 17.9. The van der Waals surface area contributed by atoms with Crippen LogP contribution in [0.15, 0.2) is 115 Å². The van der Waals surface area contributed by atoms with Gasteiger partial charge in [-0.15, -0.1) is 0 Å². The molecule has 156 valence electrons. The highest BCUT2D eigenvalue weighted by Crippen LogP contribution is 2.39. The lowest BCUT2D eigenvalue weighted by Crippen LogP contribution is -2.09. The number of rotatable bonds is 3. The van der Waals surface area contributed by atoms with Crippen LogP contribution in [-0.4, -0.2) is 9.97 Å². The van der Waals surface area contributed by atoms with Crippen LogP contribution in [0.2, 0.25) is 0 Å². The summed E-state index contributed by atoms with van der Waals surface area (Å²) in [5, 5.41) is 4.96. The maximum atomic E-state index is 3.54. The summed E-state index contributed by atoms with van der Waals surface area (Å²) in [6, 6.07) is 40.9. The third-order valence-electron chi connectivity index (χ3n) is 6.51. The zero-order valence-corrected chi connectivity index (χ0v) is 17.9. The number of nitrogens with one attached hydrogen (secondary N) is 2. The first-order valence-corrected chi connectivity index (χ1v) is 11.2. The van der Waals surface area contributed by atoms with E-state index in [4.69, 9.17) is 0 Å². The normalized spacial score (nSPS) is 11.6. The van der Waals surface area contributed by atoms with Gasteiger partial charge in [0.05, 0.1) is 0 Å². The predicted octanol–water partition coefficient (Wildman–Crippen LogP) is 8.43. The summed E-state index contributed by atoms with van der Waals surface area (Å²) < 4.78 is 0. The number of hydrogen-bond donors (Lipinski definition) is 2. The molecule has 3 heteroatoms. The highest BCUT2D eigenvalue weighted by molar-refractivity contribution is 6.10. The van der Waals surface area contributed by atoms with E-state index in [-0.39, 0.29) is 0 Å². The first-order valence-electron chi connectivity index (χ1n) is 11.2. The van der Waals surface area contributed by atoms with Crippen molar-refractivity contribution in [2.45, 2.75) is 0 Å². The molecule has 0 amide bonds. The monoisotopic (exact) mass is 423 g/mol. The molecule has 2 N–H and O–H groups in total. The highest BCUT2D eigenvalue weighted by Gasteiger charge is 2.16. The van der Waals surface area contributed by atoms with Crippen LogP contribution in [-0.2, 0) is 0 Å². The Balaban J connectivity index is 1.48. The fraction of sp³-hybridized carbons (Fsp3) is 0. The molecule has 0 bridgehead atoms. The summed E-state index contributed by atoms with van der Waals surface area (Å²) in [6.07, 6.45) is 0. The van der Waals surface area contributed by atoms with Gasteiger partial charge in [0.2, 0.25) is 0 Å². The van der Waals surface area contributed by atoms with E-state index >= 15 is 0 Å². The van der Waals surface area contributed by atoms with Gasteiger partial charge in [-0.25, -0.2) is 0 Å². The number of aromatic nitrogens is 2. The summed E-state index contributed by atoms with van der Waals surface area (Å²) in [5.74, 6) is 0. The lowest BCUT2D eigenvalue weighted by Gasteiger charge is -2.25. The maximum absolute atomic E-state index is 3.54. The van der Waals surface area contributed by atoms with Crippen molar-refractivity contribution in [2.24, 2.45) is 0 Å². The molecule has 0 atom stereocenters. The number of fused-ring (bicyclic) bond motifs is 6. The molecule has 0 aliphatic heterocycles. The molecule has 0 spiro atoms. The van der Waals surface area contributed by atoms with Gasteiger partial charge >= 0.3 is 0 Å². The van der Waals surface area contributed by atoms with Crippen molar-refractivity contribution in [2.75, 3.05) is 4.90 Å². The Morgan fingerprint density at radius 1 is 0.364 bits per heavy atom. The fourth-order valence-electron chi connectivity index (χ4n) is 4.97. The van der Waals surface area contributed by atoms with Crippen molar-refractivity contribution in [3.05, 3.63) is 115 Å². The largest absolute Gasteiger partial charge is 0.355 e. The number of H-pyrrole nitrogens is 2. The fourth-order valence-corrected chi connectivity index (χ4v) is 4.97. The third-order valence-corrected chi connectivity index (χ3v) is 6.51. The van der Waals surface area contributed by atoms with Gasteiger partial charge in [-0.1, -0.05) is 54.6 Å². The van der Waals surface area contributed by atoms with Crippen molar-refractivity contribution in [1.29, 1.82) is 0 Å². The van der Waals surface area contributed by atoms with Crippen LogP contribution in [0.4, 0.5) is 17.1 Å². The molecule has 0 saturated heterocycles. The number of benzene rings is 5. The van der Waals surface area contributed by atoms with E-state index in [9.17, 15) is 0 Å². The third kappa shape index (κ3) is 2.83. The Labute approximate surface area is 190 Å². The van der Waals surface area contributed by atoms with E-state index in [1.807, 2.05) is 0 Å². The molecule has 33 heavy (non-hydrogen) atoms. The summed E-state index contributed by atoms with van der Waals surface area (Å²) in [4.78, 5) is 9.42. The molecule has 0 aliphatic carbocycles. The smallest absolute Gasteiger partial charge is 0.0469 e. The number of nitrogens with zero attached hydrogens (tertiary/aromatic N) is 1. The molecule has 7 aromatic rings. The Hall–Kier alpha value is -4.50. The average Bonchev–Trinajstić information content (AvgIpc) is 3.43. The van der Waals surface area contributed by atoms with E-state index in [1.54, 1.807) is 0 Å². The second-order valence-electron chi connectivity index (χ2n) is 8.47. The Bertz CT molecular complexity index is 1660. The van der Waals surface area contributed by atoms with E-state index in [1.165, 1.54) is 21.5 Å². The minimum Gasteiger partial charge on any atom is -0.355 e. The maximum Gasteiger partial charge on any atom is 0.0469 e. The standard InChI is InChI=1S/C30H21N3/c1-2-8-20(9-3-1)33(21-14-16-29-25(18-21)23-10-4-6-12-27(23)31-29)22-15-17-30-26(19-22)24-11-5-7-13-28(24)32-30/h1-19,31-32H. The predicted molar refractivity (Wildman–Crippen MR) is 140 cm³/mol. The topological polar surface area (TPSA) is 34.8 Å². The van der Waals surface area contributed by atoms with Crippen molar-refractivity contribution >= 4 is 60.7 Å². The Morgan fingerprint density at radius 2 is 0.818 bits per heavy atom. The molecule has 0 unspecified atom stereocenters. The second-order valence-corrected chi connectivity index (χ2v) is 8.47. The highest BCUT2D eigenvalue weighted by atomic mass is 15.1. The number of hydrogen-bond acceptors (Lipinski definition) is 1. The van der Waals surface area contributed by atoms with Crippen molar-refractivity contribution in [1.82, 2.24) is 9.97 Å². The van der Waals surface area contributed by atoms with Gasteiger partial charge in [-0.2, -0.15) is 0 Å². The summed E-state index contributed by atoms with van der Waals surface area (Å²) >= 11 is 0. The van der Waals surface area contributed by atoms with Crippen LogP contribution in [0.5, 0.6) is 0 Å². The quantitative estimate of drug-likeness (QED) is 0.294. The second kappa shape index (κ2) is 7.01. The van der Waals surface area contributed by atoms with E-state index in [0.29, 0.717) is 0 Å². The van der Waals surface area contributed by atoms with Crippen LogP contribution < -0.4 is 4.90 Å². The molecule has 0 radical (unpaired) electrons. The van der Waals surface area contributed by atoms with Crippen LogP contribution in [0.3, 0.4) is 0 Å². The Morgan fingerprint density at radius 3 is 1.36 bits per heavy atom. The molecule has 0 aliphatic rings. The molecule has 0 fully saturated rings. The number of para-hydroxylation sites is 3. The summed E-state index contributed by atoms with van der Waals surface area (Å²) in [5.41, 5.74) is 8.04. The van der Waals surface area contributed by atoms with Crippen LogP contribution in [0.25, 0.3) is 43.6 Å². The molecule has 0 saturated carbocycles. The van der Waals surface area contributed by atoms with Gasteiger partial charge in [0.15, 0.2) is 0 Å². The number of aromatic amines is 2. The minimum absolute atomic E-state index is 1.14. The molecule has 7 rings (SSSR count). The minimum atomic E-state index is 1.14. The zero-order chi connectivity index (χ0) is 21.8. The van der Waals surface area contributed by atoms with Gasteiger partial charge in [0.1, 0.15) is 0 Å². The molecule has 3 nitrogen and oxygen atoms in total. The van der Waals surface area contributed by atoms with Gasteiger partial charge < -0.3 is 14.9 Å². The molecule has 2 heterocycles. The van der Waals surface area contributed by atoms with Gasteiger partial charge in [0.25, 0.3) is 0 Å². The molecular weight excluding hydrogens is 402 g/mol. The van der Waals surface area contributed by atoms with Crippen molar-refractivity contribution in [3.63, 3.8) is 0 Å². The van der Waals surface area contributed by atoms with Crippen LogP contribution in [0, 0.1) is 0 Å². The number of anilines is 3. The molecule has 5 aromatic carbocycles. The van der Waals surface area contributed by atoms with E-state index < -0.39 is 0 Å². The first-order chi connectivity index (χ1) is 16.3. The van der Waals surface area contributed by atoms with Crippen molar-refractivity contribution in [3.8, 4) is 0 Å². The summed E-state index contributed by atoms with van der Waals surface area (Å²) in [7, 11) is 0. The SMILES string of the molecule is c1ccc(N(c2ccc3[nH]c4ccccc4c3c2)c2ccc3[nH]c4ccccc4c3c2)cc1. The van der Waals surface area contributed by atoms with E-state index in [2.05, 4.69) is 130 Å². The average molecular weight is 424 g/mol.